The predicted octanol–water partition coefficient (Wildman–Crippen LogP) is 4.12. The minimum Gasteiger partial charge on any atom is -0.317 e. The number of thioether (sulfide) groups is 1. The van der Waals surface area contributed by atoms with Crippen molar-refractivity contribution in [3.63, 3.8) is 0 Å². The highest BCUT2D eigenvalue weighted by Gasteiger charge is 2.32. The Kier molecular flexibility index (Phi) is 4.18. The molecule has 0 bridgehead atoms. The molecule has 19 heavy (non-hydrogen) atoms. The maximum absolute atomic E-state index is 3.56. The fourth-order valence-electron chi connectivity index (χ4n) is 3.86. The molecule has 0 saturated heterocycles. The summed E-state index contributed by atoms with van der Waals surface area (Å²) in [6.45, 7) is 2.43. The zero-order valence-corrected chi connectivity index (χ0v) is 12.9. The quantitative estimate of drug-likeness (QED) is 0.890. The van der Waals surface area contributed by atoms with Gasteiger partial charge in [-0.15, -0.1) is 11.8 Å². The lowest BCUT2D eigenvalue weighted by atomic mass is 9.76. The third kappa shape index (κ3) is 3.00. The molecule has 0 amide bonds. The van der Waals surface area contributed by atoms with Crippen molar-refractivity contribution in [2.45, 2.75) is 55.2 Å². The van der Waals surface area contributed by atoms with Crippen LogP contribution < -0.4 is 5.32 Å². The molecule has 1 fully saturated rings. The SMILES string of the molecule is CNC1CCC(C)CC1CC1Cc2ccccc2S1. The van der Waals surface area contributed by atoms with Gasteiger partial charge < -0.3 is 5.32 Å². The van der Waals surface area contributed by atoms with E-state index in [0.717, 1.165) is 23.1 Å². The smallest absolute Gasteiger partial charge is 0.0138 e. The third-order valence-corrected chi connectivity index (χ3v) is 6.24. The molecule has 4 atom stereocenters. The van der Waals surface area contributed by atoms with Crippen molar-refractivity contribution in [2.75, 3.05) is 7.05 Å². The molecule has 1 aliphatic heterocycles. The van der Waals surface area contributed by atoms with Crippen molar-refractivity contribution in [1.82, 2.24) is 5.32 Å². The van der Waals surface area contributed by atoms with E-state index >= 15 is 0 Å². The van der Waals surface area contributed by atoms with E-state index in [1.807, 2.05) is 0 Å². The van der Waals surface area contributed by atoms with Crippen molar-refractivity contribution < 1.29 is 0 Å². The molecule has 104 valence electrons. The summed E-state index contributed by atoms with van der Waals surface area (Å²) in [4.78, 5) is 1.53. The van der Waals surface area contributed by atoms with Crippen LogP contribution in [0.4, 0.5) is 0 Å². The molecular formula is C17H25NS. The first-order valence-electron chi connectivity index (χ1n) is 7.68. The highest BCUT2D eigenvalue weighted by Crippen LogP contribution is 2.42. The van der Waals surface area contributed by atoms with Crippen LogP contribution in [0.2, 0.25) is 0 Å². The maximum atomic E-state index is 3.56. The lowest BCUT2D eigenvalue weighted by Gasteiger charge is -2.36. The molecule has 1 aliphatic carbocycles. The fourth-order valence-corrected chi connectivity index (χ4v) is 5.29. The van der Waals surface area contributed by atoms with Crippen LogP contribution in [0.5, 0.6) is 0 Å². The van der Waals surface area contributed by atoms with E-state index in [4.69, 9.17) is 0 Å². The molecule has 1 N–H and O–H groups in total. The van der Waals surface area contributed by atoms with E-state index in [2.05, 4.69) is 55.3 Å². The number of rotatable bonds is 3. The Labute approximate surface area is 121 Å². The Morgan fingerprint density at radius 2 is 2.11 bits per heavy atom. The predicted molar refractivity (Wildman–Crippen MR) is 83.8 cm³/mol. The standard InChI is InChI=1S/C17H25NS/c1-12-7-8-16(18-2)14(9-12)11-15-10-13-5-3-4-6-17(13)19-15/h3-6,12,14-16,18H,7-11H2,1-2H3. The molecule has 1 aromatic carbocycles. The van der Waals surface area contributed by atoms with Gasteiger partial charge in [0.25, 0.3) is 0 Å². The number of fused-ring (bicyclic) bond motifs is 1. The van der Waals surface area contributed by atoms with Crippen molar-refractivity contribution in [1.29, 1.82) is 0 Å². The number of hydrogen-bond donors (Lipinski definition) is 1. The van der Waals surface area contributed by atoms with Crippen LogP contribution in [0.25, 0.3) is 0 Å². The molecular weight excluding hydrogens is 250 g/mol. The summed E-state index contributed by atoms with van der Waals surface area (Å²) in [5, 5.41) is 4.37. The molecule has 2 aliphatic rings. The van der Waals surface area contributed by atoms with Gasteiger partial charge in [-0.1, -0.05) is 25.1 Å². The second-order valence-electron chi connectivity index (χ2n) is 6.36. The van der Waals surface area contributed by atoms with Crippen LogP contribution in [0.3, 0.4) is 0 Å². The third-order valence-electron chi connectivity index (χ3n) is 4.89. The normalized spacial score (nSPS) is 34.2. The summed E-state index contributed by atoms with van der Waals surface area (Å²) in [6, 6.07) is 9.70. The number of nitrogens with one attached hydrogen (secondary N) is 1. The van der Waals surface area contributed by atoms with Gasteiger partial charge in [-0.25, -0.2) is 0 Å². The van der Waals surface area contributed by atoms with Gasteiger partial charge in [-0.05, 0) is 62.6 Å². The fraction of sp³-hybridized carbons (Fsp3) is 0.647. The van der Waals surface area contributed by atoms with E-state index in [0.29, 0.717) is 0 Å². The number of hydrogen-bond acceptors (Lipinski definition) is 2. The van der Waals surface area contributed by atoms with Gasteiger partial charge in [-0.3, -0.25) is 0 Å². The van der Waals surface area contributed by atoms with Crippen LogP contribution in [0, 0.1) is 11.8 Å². The Balaban J connectivity index is 1.63. The van der Waals surface area contributed by atoms with E-state index in [-0.39, 0.29) is 0 Å². The average Bonchev–Trinajstić information content (AvgIpc) is 2.81. The second kappa shape index (κ2) is 5.88. The average molecular weight is 275 g/mol. The van der Waals surface area contributed by atoms with Gasteiger partial charge in [-0.2, -0.15) is 0 Å². The zero-order valence-electron chi connectivity index (χ0n) is 12.1. The maximum Gasteiger partial charge on any atom is 0.0138 e. The Morgan fingerprint density at radius 1 is 1.26 bits per heavy atom. The van der Waals surface area contributed by atoms with Gasteiger partial charge in [0.15, 0.2) is 0 Å². The lowest BCUT2D eigenvalue weighted by molar-refractivity contribution is 0.210. The monoisotopic (exact) mass is 275 g/mol. The molecule has 1 saturated carbocycles. The van der Waals surface area contributed by atoms with Gasteiger partial charge in [0.05, 0.1) is 0 Å². The van der Waals surface area contributed by atoms with Crippen LogP contribution in [0.1, 0.15) is 38.2 Å². The van der Waals surface area contributed by atoms with Crippen LogP contribution in [-0.2, 0) is 6.42 Å². The van der Waals surface area contributed by atoms with E-state index in [1.165, 1.54) is 37.0 Å². The zero-order chi connectivity index (χ0) is 13.2. The summed E-state index contributed by atoms with van der Waals surface area (Å²) in [6.07, 6.45) is 6.85. The lowest BCUT2D eigenvalue weighted by Crippen LogP contribution is -2.39. The van der Waals surface area contributed by atoms with Crippen molar-refractivity contribution in [3.8, 4) is 0 Å². The number of benzene rings is 1. The molecule has 0 aromatic heterocycles. The van der Waals surface area contributed by atoms with Gasteiger partial charge in [0.2, 0.25) is 0 Å². The van der Waals surface area contributed by atoms with Crippen LogP contribution in [-0.4, -0.2) is 18.3 Å². The first-order valence-corrected chi connectivity index (χ1v) is 8.56. The Hall–Kier alpha value is -0.470. The highest BCUT2D eigenvalue weighted by molar-refractivity contribution is 8.00. The van der Waals surface area contributed by atoms with E-state index in [9.17, 15) is 0 Å². The van der Waals surface area contributed by atoms with Crippen LogP contribution >= 0.6 is 11.8 Å². The Bertz CT molecular complexity index is 406. The minimum atomic E-state index is 0.750. The molecule has 0 radical (unpaired) electrons. The second-order valence-corrected chi connectivity index (χ2v) is 7.70. The molecule has 3 rings (SSSR count). The molecule has 4 unspecified atom stereocenters. The Morgan fingerprint density at radius 3 is 2.89 bits per heavy atom. The molecule has 2 heteroatoms. The van der Waals surface area contributed by atoms with Crippen molar-refractivity contribution in [3.05, 3.63) is 29.8 Å². The van der Waals surface area contributed by atoms with Gasteiger partial charge in [0.1, 0.15) is 0 Å². The summed E-state index contributed by atoms with van der Waals surface area (Å²) in [5.74, 6) is 1.80. The molecule has 1 aromatic rings. The topological polar surface area (TPSA) is 12.0 Å². The largest absolute Gasteiger partial charge is 0.317 e. The molecule has 1 nitrogen and oxygen atoms in total. The summed E-state index contributed by atoms with van der Waals surface area (Å²) < 4.78 is 0. The molecule has 0 spiro atoms. The molecule has 1 heterocycles. The van der Waals surface area contributed by atoms with Gasteiger partial charge >= 0.3 is 0 Å². The van der Waals surface area contributed by atoms with E-state index < -0.39 is 0 Å². The van der Waals surface area contributed by atoms with Crippen LogP contribution in [0.15, 0.2) is 29.2 Å². The summed E-state index contributed by atoms with van der Waals surface area (Å²) in [7, 11) is 2.14. The first-order chi connectivity index (χ1) is 9.26. The summed E-state index contributed by atoms with van der Waals surface area (Å²) >= 11 is 2.12. The van der Waals surface area contributed by atoms with E-state index in [1.54, 1.807) is 5.56 Å². The minimum absolute atomic E-state index is 0.750. The summed E-state index contributed by atoms with van der Waals surface area (Å²) in [5.41, 5.74) is 1.57. The highest BCUT2D eigenvalue weighted by atomic mass is 32.2. The van der Waals surface area contributed by atoms with Gasteiger partial charge in [0, 0.05) is 16.2 Å². The first kappa shape index (κ1) is 13.5. The van der Waals surface area contributed by atoms with Crippen molar-refractivity contribution in [2.24, 2.45) is 11.8 Å². The van der Waals surface area contributed by atoms with Crippen molar-refractivity contribution >= 4 is 11.8 Å².